The zero-order chi connectivity index (χ0) is 16.4. The summed E-state index contributed by atoms with van der Waals surface area (Å²) >= 11 is 0. The standard InChI is InChI=1S/C17H16N2O4/c1-2-10-5-6-13-11(8-10)12(15(19-13)17(21)22)9-18-16(20)14-4-3-7-23-14/h3-8,19H,2,9H2,1H3,(H,18,20)(H,21,22). The van der Waals surface area contributed by atoms with Crippen molar-refractivity contribution >= 4 is 22.8 Å². The molecule has 0 bridgehead atoms. The Morgan fingerprint density at radius 3 is 2.78 bits per heavy atom. The minimum atomic E-state index is -1.05. The van der Waals surface area contributed by atoms with Crippen LogP contribution in [0.1, 0.15) is 39.1 Å². The number of aromatic carboxylic acids is 1. The molecule has 6 heteroatoms. The lowest BCUT2D eigenvalue weighted by atomic mass is 10.1. The number of aryl methyl sites for hydroxylation is 1. The molecule has 3 N–H and O–H groups in total. The molecule has 1 amide bonds. The van der Waals surface area contributed by atoms with E-state index < -0.39 is 5.97 Å². The molecule has 0 aliphatic carbocycles. The van der Waals surface area contributed by atoms with E-state index in [-0.39, 0.29) is 23.9 Å². The van der Waals surface area contributed by atoms with Crippen molar-refractivity contribution in [3.05, 3.63) is 59.2 Å². The van der Waals surface area contributed by atoms with Gasteiger partial charge in [0, 0.05) is 23.0 Å². The summed E-state index contributed by atoms with van der Waals surface area (Å²) in [5, 5.41) is 12.9. The van der Waals surface area contributed by atoms with E-state index in [0.717, 1.165) is 22.9 Å². The number of furan rings is 1. The first-order valence-corrected chi connectivity index (χ1v) is 7.28. The number of nitrogens with one attached hydrogen (secondary N) is 2. The average Bonchev–Trinajstić information content (AvgIpc) is 3.19. The maximum Gasteiger partial charge on any atom is 0.352 e. The molecule has 23 heavy (non-hydrogen) atoms. The zero-order valence-electron chi connectivity index (χ0n) is 12.6. The van der Waals surface area contributed by atoms with Gasteiger partial charge in [0.2, 0.25) is 0 Å². The van der Waals surface area contributed by atoms with Gasteiger partial charge in [-0.1, -0.05) is 13.0 Å². The smallest absolute Gasteiger partial charge is 0.352 e. The summed E-state index contributed by atoms with van der Waals surface area (Å²) in [5.41, 5.74) is 2.49. The van der Waals surface area contributed by atoms with Gasteiger partial charge in [0.05, 0.1) is 6.26 Å². The van der Waals surface area contributed by atoms with Crippen molar-refractivity contribution in [2.75, 3.05) is 0 Å². The lowest BCUT2D eigenvalue weighted by molar-refractivity contribution is 0.0689. The summed E-state index contributed by atoms with van der Waals surface area (Å²) in [5.74, 6) is -1.25. The van der Waals surface area contributed by atoms with Gasteiger partial charge in [-0.05, 0) is 36.2 Å². The highest BCUT2D eigenvalue weighted by atomic mass is 16.4. The van der Waals surface area contributed by atoms with Gasteiger partial charge >= 0.3 is 5.97 Å². The number of aromatic amines is 1. The Labute approximate surface area is 132 Å². The second kappa shape index (κ2) is 6.00. The molecule has 0 radical (unpaired) electrons. The van der Waals surface area contributed by atoms with Crippen LogP contribution in [0.2, 0.25) is 0 Å². The van der Waals surface area contributed by atoms with Crippen LogP contribution in [0.4, 0.5) is 0 Å². The van der Waals surface area contributed by atoms with E-state index in [1.807, 2.05) is 25.1 Å². The first-order valence-electron chi connectivity index (χ1n) is 7.28. The first-order chi connectivity index (χ1) is 11.1. The fourth-order valence-electron chi connectivity index (χ4n) is 2.54. The van der Waals surface area contributed by atoms with Gasteiger partial charge in [-0.15, -0.1) is 0 Å². The molecule has 0 aliphatic rings. The van der Waals surface area contributed by atoms with Crippen molar-refractivity contribution in [2.45, 2.75) is 19.9 Å². The molecule has 0 spiro atoms. The summed E-state index contributed by atoms with van der Waals surface area (Å²) in [6, 6.07) is 8.94. The van der Waals surface area contributed by atoms with Gasteiger partial charge in [-0.3, -0.25) is 4.79 Å². The molecule has 2 aromatic heterocycles. The molecule has 2 heterocycles. The van der Waals surface area contributed by atoms with Crippen LogP contribution in [0.25, 0.3) is 10.9 Å². The van der Waals surface area contributed by atoms with Crippen molar-refractivity contribution < 1.29 is 19.1 Å². The van der Waals surface area contributed by atoms with Gasteiger partial charge in [0.1, 0.15) is 5.69 Å². The molecule has 0 saturated carbocycles. The number of carboxylic acids is 1. The van der Waals surface area contributed by atoms with E-state index in [9.17, 15) is 14.7 Å². The number of hydrogen-bond acceptors (Lipinski definition) is 3. The molecule has 3 aromatic rings. The quantitative estimate of drug-likeness (QED) is 0.675. The normalized spacial score (nSPS) is 10.8. The van der Waals surface area contributed by atoms with Crippen LogP contribution in [-0.2, 0) is 13.0 Å². The Hall–Kier alpha value is -3.02. The van der Waals surface area contributed by atoms with Gasteiger partial charge in [-0.25, -0.2) is 4.79 Å². The Morgan fingerprint density at radius 1 is 1.30 bits per heavy atom. The first kappa shape index (κ1) is 14.9. The predicted octanol–water partition coefficient (Wildman–Crippen LogP) is 2.95. The number of H-pyrrole nitrogens is 1. The van der Waals surface area contributed by atoms with Crippen LogP contribution in [0, 0.1) is 0 Å². The number of carboxylic acid groups (broad SMARTS) is 1. The second-order valence-electron chi connectivity index (χ2n) is 5.18. The highest BCUT2D eigenvalue weighted by molar-refractivity contribution is 5.98. The monoisotopic (exact) mass is 312 g/mol. The summed E-state index contributed by atoms with van der Waals surface area (Å²) in [6.45, 7) is 2.14. The van der Waals surface area contributed by atoms with Gasteiger partial charge in [0.25, 0.3) is 5.91 Å². The van der Waals surface area contributed by atoms with Gasteiger partial charge < -0.3 is 19.8 Å². The lowest BCUT2D eigenvalue weighted by Gasteiger charge is -2.05. The number of carbonyl (C=O) groups excluding carboxylic acids is 1. The lowest BCUT2D eigenvalue weighted by Crippen LogP contribution is -2.23. The Morgan fingerprint density at radius 2 is 2.13 bits per heavy atom. The van der Waals surface area contributed by atoms with Gasteiger partial charge in [-0.2, -0.15) is 0 Å². The minimum Gasteiger partial charge on any atom is -0.477 e. The Kier molecular flexibility index (Phi) is 3.89. The van der Waals surface area contributed by atoms with Crippen LogP contribution >= 0.6 is 0 Å². The molecular weight excluding hydrogens is 296 g/mol. The zero-order valence-corrected chi connectivity index (χ0v) is 12.6. The van der Waals surface area contributed by atoms with E-state index in [1.165, 1.54) is 6.26 Å². The van der Waals surface area contributed by atoms with E-state index in [1.54, 1.807) is 12.1 Å². The van der Waals surface area contributed by atoms with Crippen LogP contribution in [0.3, 0.4) is 0 Å². The van der Waals surface area contributed by atoms with Crippen molar-refractivity contribution in [1.29, 1.82) is 0 Å². The summed E-state index contributed by atoms with van der Waals surface area (Å²) < 4.78 is 5.03. The van der Waals surface area contributed by atoms with Crippen molar-refractivity contribution in [2.24, 2.45) is 0 Å². The fourth-order valence-corrected chi connectivity index (χ4v) is 2.54. The van der Waals surface area contributed by atoms with E-state index in [0.29, 0.717) is 5.56 Å². The number of amides is 1. The molecule has 6 nitrogen and oxygen atoms in total. The highest BCUT2D eigenvalue weighted by Gasteiger charge is 2.18. The van der Waals surface area contributed by atoms with Crippen molar-refractivity contribution in [1.82, 2.24) is 10.3 Å². The third-order valence-electron chi connectivity index (χ3n) is 3.76. The number of benzene rings is 1. The summed E-state index contributed by atoms with van der Waals surface area (Å²) in [6.07, 6.45) is 2.26. The summed E-state index contributed by atoms with van der Waals surface area (Å²) in [4.78, 5) is 26.3. The number of fused-ring (bicyclic) bond motifs is 1. The molecule has 0 aliphatic heterocycles. The van der Waals surface area contributed by atoms with Crippen LogP contribution in [0.15, 0.2) is 41.0 Å². The third kappa shape index (κ3) is 2.83. The Balaban J connectivity index is 1.95. The van der Waals surface area contributed by atoms with E-state index in [2.05, 4.69) is 10.3 Å². The summed E-state index contributed by atoms with van der Waals surface area (Å²) in [7, 11) is 0. The predicted molar refractivity (Wildman–Crippen MR) is 84.5 cm³/mol. The number of aromatic nitrogens is 1. The number of carbonyl (C=O) groups is 2. The van der Waals surface area contributed by atoms with Crippen molar-refractivity contribution in [3.8, 4) is 0 Å². The maximum atomic E-state index is 12.0. The third-order valence-corrected chi connectivity index (χ3v) is 3.76. The van der Waals surface area contributed by atoms with Crippen LogP contribution < -0.4 is 5.32 Å². The molecule has 3 rings (SSSR count). The average molecular weight is 312 g/mol. The van der Waals surface area contributed by atoms with Crippen molar-refractivity contribution in [3.63, 3.8) is 0 Å². The highest BCUT2D eigenvalue weighted by Crippen LogP contribution is 2.24. The molecule has 0 fully saturated rings. The van der Waals surface area contributed by atoms with E-state index >= 15 is 0 Å². The van der Waals surface area contributed by atoms with E-state index in [4.69, 9.17) is 4.42 Å². The second-order valence-corrected chi connectivity index (χ2v) is 5.18. The van der Waals surface area contributed by atoms with Crippen LogP contribution in [-0.4, -0.2) is 22.0 Å². The number of hydrogen-bond donors (Lipinski definition) is 3. The van der Waals surface area contributed by atoms with Crippen LogP contribution in [0.5, 0.6) is 0 Å². The topological polar surface area (TPSA) is 95.3 Å². The minimum absolute atomic E-state index is 0.0907. The molecular formula is C17H16N2O4. The SMILES string of the molecule is CCc1ccc2[nH]c(C(=O)O)c(CNC(=O)c3ccco3)c2c1. The molecule has 0 unspecified atom stereocenters. The largest absolute Gasteiger partial charge is 0.477 e. The Bertz CT molecular complexity index is 862. The molecule has 0 saturated heterocycles. The number of rotatable bonds is 5. The molecule has 118 valence electrons. The van der Waals surface area contributed by atoms with Gasteiger partial charge in [0.15, 0.2) is 5.76 Å². The fraction of sp³-hybridized carbons (Fsp3) is 0.176. The maximum absolute atomic E-state index is 12.0. The molecule has 0 atom stereocenters. The molecule has 1 aromatic carbocycles.